The second-order valence-electron chi connectivity index (χ2n) is 8.31. The van der Waals surface area contributed by atoms with E-state index in [1.165, 1.54) is 16.7 Å². The molecule has 1 atom stereocenters. The molecule has 8 heteroatoms. The standard InChI is InChI=1S/C21H27N7S/c1-11(2)16-17(15-9-28-19(23-10-24-28)14(5)13(15)4)25-20-18(16)26-21(29-20)27-7-6-22-8-12(27)3/h9-12,22,25H,6-8H2,1-5H3/t12-/m1/s1. The van der Waals surface area contributed by atoms with E-state index in [0.717, 1.165) is 52.0 Å². The lowest BCUT2D eigenvalue weighted by Gasteiger charge is -2.33. The van der Waals surface area contributed by atoms with E-state index in [1.54, 1.807) is 17.7 Å². The van der Waals surface area contributed by atoms with Crippen molar-refractivity contribution < 1.29 is 0 Å². The van der Waals surface area contributed by atoms with Crippen molar-refractivity contribution in [1.29, 1.82) is 0 Å². The van der Waals surface area contributed by atoms with E-state index in [1.807, 2.05) is 4.52 Å². The summed E-state index contributed by atoms with van der Waals surface area (Å²) in [4.78, 5) is 16.8. The van der Waals surface area contributed by atoms with Gasteiger partial charge in [0.05, 0.1) is 5.69 Å². The Hall–Kier alpha value is -2.45. The molecular weight excluding hydrogens is 382 g/mol. The Morgan fingerprint density at radius 1 is 1.24 bits per heavy atom. The summed E-state index contributed by atoms with van der Waals surface area (Å²) in [5.74, 6) is 0.361. The Morgan fingerprint density at radius 2 is 2.07 bits per heavy atom. The minimum absolute atomic E-state index is 0.361. The first-order chi connectivity index (χ1) is 14.0. The zero-order valence-corrected chi connectivity index (χ0v) is 18.4. The molecule has 5 heterocycles. The Labute approximate surface area is 174 Å². The average Bonchev–Trinajstić information content (AvgIpc) is 3.38. The number of pyridine rings is 1. The van der Waals surface area contributed by atoms with Crippen molar-refractivity contribution >= 4 is 32.5 Å². The van der Waals surface area contributed by atoms with Gasteiger partial charge < -0.3 is 15.2 Å². The number of hydrogen-bond acceptors (Lipinski definition) is 6. The van der Waals surface area contributed by atoms with E-state index in [9.17, 15) is 0 Å². The second kappa shape index (κ2) is 6.81. The van der Waals surface area contributed by atoms with Crippen molar-refractivity contribution in [2.45, 2.75) is 46.6 Å². The first kappa shape index (κ1) is 18.6. The molecule has 0 bridgehead atoms. The number of hydrogen-bond donors (Lipinski definition) is 2. The SMILES string of the molecule is Cc1c(-c2[nH]c3sc(N4CCNC[C@H]4C)nc3c2C(C)C)cn2ncnc2c1C. The van der Waals surface area contributed by atoms with Crippen LogP contribution in [-0.2, 0) is 0 Å². The van der Waals surface area contributed by atoms with Crippen LogP contribution in [-0.4, -0.2) is 50.2 Å². The van der Waals surface area contributed by atoms with Crippen molar-refractivity contribution in [2.75, 3.05) is 24.5 Å². The van der Waals surface area contributed by atoms with Gasteiger partial charge in [-0.2, -0.15) is 5.10 Å². The lowest BCUT2D eigenvalue weighted by atomic mass is 9.96. The van der Waals surface area contributed by atoms with Crippen LogP contribution in [0.3, 0.4) is 0 Å². The predicted octanol–water partition coefficient (Wildman–Crippen LogP) is 3.87. The third kappa shape index (κ3) is 2.85. The molecule has 2 N–H and O–H groups in total. The van der Waals surface area contributed by atoms with Crippen LogP contribution in [0.4, 0.5) is 5.13 Å². The Bertz CT molecular complexity index is 1200. The van der Waals surface area contributed by atoms with Crippen molar-refractivity contribution in [3.8, 4) is 11.3 Å². The minimum Gasteiger partial charge on any atom is -0.344 e. The third-order valence-corrected chi connectivity index (χ3v) is 7.11. The molecule has 1 aliphatic rings. The van der Waals surface area contributed by atoms with E-state index in [4.69, 9.17) is 4.98 Å². The fourth-order valence-electron chi connectivity index (χ4n) is 4.35. The molecule has 152 valence electrons. The lowest BCUT2D eigenvalue weighted by molar-refractivity contribution is 0.500. The highest BCUT2D eigenvalue weighted by Crippen LogP contribution is 2.41. The summed E-state index contributed by atoms with van der Waals surface area (Å²) < 4.78 is 1.87. The molecule has 4 aromatic heterocycles. The summed E-state index contributed by atoms with van der Waals surface area (Å²) >= 11 is 1.77. The number of aryl methyl sites for hydroxylation is 1. The molecular formula is C21H27N7S. The molecule has 0 unspecified atom stereocenters. The molecule has 29 heavy (non-hydrogen) atoms. The average molecular weight is 410 g/mol. The van der Waals surface area contributed by atoms with Gasteiger partial charge in [0.25, 0.3) is 0 Å². The highest BCUT2D eigenvalue weighted by atomic mass is 32.1. The Balaban J connectivity index is 1.68. The number of nitrogens with zero attached hydrogens (tertiary/aromatic N) is 5. The van der Waals surface area contributed by atoms with Crippen molar-refractivity contribution in [2.24, 2.45) is 0 Å². The maximum atomic E-state index is 5.11. The normalized spacial score (nSPS) is 17.9. The molecule has 0 saturated carbocycles. The largest absolute Gasteiger partial charge is 0.344 e. The molecule has 0 aromatic carbocycles. The van der Waals surface area contributed by atoms with Crippen molar-refractivity contribution in [3.05, 3.63) is 29.2 Å². The zero-order chi connectivity index (χ0) is 20.3. The van der Waals surface area contributed by atoms with Gasteiger partial charge in [-0.05, 0) is 37.8 Å². The molecule has 7 nitrogen and oxygen atoms in total. The molecule has 0 aliphatic carbocycles. The molecule has 4 aromatic rings. The maximum absolute atomic E-state index is 5.11. The van der Waals surface area contributed by atoms with Crippen LogP contribution in [0.5, 0.6) is 0 Å². The summed E-state index contributed by atoms with van der Waals surface area (Å²) in [6.45, 7) is 14.1. The number of rotatable bonds is 3. The summed E-state index contributed by atoms with van der Waals surface area (Å²) in [6, 6.07) is 0.459. The first-order valence-corrected chi connectivity index (χ1v) is 11.1. The number of anilines is 1. The van der Waals surface area contributed by atoms with Gasteiger partial charge >= 0.3 is 0 Å². The summed E-state index contributed by atoms with van der Waals surface area (Å²) in [5, 5.41) is 8.95. The number of fused-ring (bicyclic) bond motifs is 2. The van der Waals surface area contributed by atoms with Gasteiger partial charge in [-0.25, -0.2) is 14.5 Å². The van der Waals surface area contributed by atoms with E-state index in [2.05, 4.69) is 66.1 Å². The summed E-state index contributed by atoms with van der Waals surface area (Å²) in [6.07, 6.45) is 3.70. The zero-order valence-electron chi connectivity index (χ0n) is 17.6. The topological polar surface area (TPSA) is 74.1 Å². The quantitative estimate of drug-likeness (QED) is 0.537. The van der Waals surface area contributed by atoms with Gasteiger partial charge in [0, 0.05) is 43.0 Å². The van der Waals surface area contributed by atoms with Crippen LogP contribution in [0.25, 0.3) is 27.3 Å². The molecule has 1 aliphatic heterocycles. The van der Waals surface area contributed by atoms with Gasteiger partial charge in [-0.1, -0.05) is 25.2 Å². The maximum Gasteiger partial charge on any atom is 0.188 e. The highest BCUT2D eigenvalue weighted by molar-refractivity contribution is 7.21. The number of H-pyrrole nitrogens is 1. The van der Waals surface area contributed by atoms with Crippen LogP contribution >= 0.6 is 11.3 Å². The Kier molecular flexibility index (Phi) is 4.36. The van der Waals surface area contributed by atoms with E-state index >= 15 is 0 Å². The highest BCUT2D eigenvalue weighted by Gasteiger charge is 2.26. The van der Waals surface area contributed by atoms with Crippen LogP contribution in [0, 0.1) is 13.8 Å². The molecule has 1 saturated heterocycles. The molecule has 0 amide bonds. The van der Waals surface area contributed by atoms with Gasteiger partial charge in [-0.3, -0.25) is 0 Å². The van der Waals surface area contributed by atoms with E-state index < -0.39 is 0 Å². The number of thiazole rings is 1. The van der Waals surface area contributed by atoms with Gasteiger partial charge in [-0.15, -0.1) is 0 Å². The number of piperazine rings is 1. The van der Waals surface area contributed by atoms with Gasteiger partial charge in [0.15, 0.2) is 10.8 Å². The lowest BCUT2D eigenvalue weighted by Crippen LogP contribution is -2.49. The van der Waals surface area contributed by atoms with Crippen molar-refractivity contribution in [1.82, 2.24) is 29.9 Å². The van der Waals surface area contributed by atoms with Gasteiger partial charge in [0.1, 0.15) is 16.7 Å². The predicted molar refractivity (Wildman–Crippen MR) is 119 cm³/mol. The van der Waals surface area contributed by atoms with E-state index in [-0.39, 0.29) is 0 Å². The number of aromatic amines is 1. The number of nitrogens with one attached hydrogen (secondary N) is 2. The van der Waals surface area contributed by atoms with Crippen molar-refractivity contribution in [3.63, 3.8) is 0 Å². The minimum atomic E-state index is 0.361. The fourth-order valence-corrected chi connectivity index (χ4v) is 5.47. The summed E-state index contributed by atoms with van der Waals surface area (Å²) in [5.41, 5.74) is 8.04. The van der Waals surface area contributed by atoms with E-state index in [0.29, 0.717) is 12.0 Å². The van der Waals surface area contributed by atoms with Crippen LogP contribution in [0.2, 0.25) is 0 Å². The number of aromatic nitrogens is 5. The molecule has 5 rings (SSSR count). The van der Waals surface area contributed by atoms with Crippen LogP contribution < -0.4 is 10.2 Å². The van der Waals surface area contributed by atoms with Crippen LogP contribution in [0.15, 0.2) is 12.5 Å². The van der Waals surface area contributed by atoms with Gasteiger partial charge in [0.2, 0.25) is 0 Å². The monoisotopic (exact) mass is 409 g/mol. The first-order valence-electron chi connectivity index (χ1n) is 10.3. The molecule has 0 spiro atoms. The molecule has 1 fully saturated rings. The fraction of sp³-hybridized carbons (Fsp3) is 0.476. The Morgan fingerprint density at radius 3 is 2.83 bits per heavy atom. The smallest absolute Gasteiger partial charge is 0.188 e. The third-order valence-electron chi connectivity index (χ3n) is 6.10. The summed E-state index contributed by atoms with van der Waals surface area (Å²) in [7, 11) is 0. The second-order valence-corrected chi connectivity index (χ2v) is 9.29. The van der Waals surface area contributed by atoms with Crippen LogP contribution in [0.1, 0.15) is 43.4 Å². The molecule has 0 radical (unpaired) electrons.